The van der Waals surface area contributed by atoms with E-state index >= 15 is 0 Å². The number of amides is 1. The second kappa shape index (κ2) is 7.96. The highest BCUT2D eigenvalue weighted by Gasteiger charge is 2.25. The summed E-state index contributed by atoms with van der Waals surface area (Å²) in [5, 5.41) is 3.95. The van der Waals surface area contributed by atoms with E-state index in [1.54, 1.807) is 6.20 Å². The maximum Gasteiger partial charge on any atom is 0.223 e. The van der Waals surface area contributed by atoms with Gasteiger partial charge in [-0.15, -0.1) is 0 Å². The van der Waals surface area contributed by atoms with Crippen molar-refractivity contribution < 1.29 is 13.7 Å². The zero-order chi connectivity index (χ0) is 19.5. The Labute approximate surface area is 163 Å². The molecule has 1 aliphatic rings. The molecule has 0 atom stereocenters. The van der Waals surface area contributed by atoms with Crippen LogP contribution in [-0.4, -0.2) is 32.5 Å². The quantitative estimate of drug-likeness (QED) is 0.654. The van der Waals surface area contributed by atoms with Gasteiger partial charge in [-0.2, -0.15) is 0 Å². The molecule has 146 valence electrons. The Kier molecular flexibility index (Phi) is 5.23. The van der Waals surface area contributed by atoms with Crippen LogP contribution in [0, 0.1) is 13.8 Å². The number of rotatable bonds is 6. The van der Waals surface area contributed by atoms with Crippen molar-refractivity contribution in [1.82, 2.24) is 20.0 Å². The molecule has 0 aromatic carbocycles. The van der Waals surface area contributed by atoms with Crippen molar-refractivity contribution in [2.45, 2.75) is 52.5 Å². The van der Waals surface area contributed by atoms with Gasteiger partial charge in [0, 0.05) is 43.8 Å². The molecular weight excluding hydrogens is 356 g/mol. The van der Waals surface area contributed by atoms with Crippen molar-refractivity contribution in [3.8, 4) is 0 Å². The molecule has 0 saturated heterocycles. The van der Waals surface area contributed by atoms with Crippen LogP contribution in [-0.2, 0) is 37.0 Å². The summed E-state index contributed by atoms with van der Waals surface area (Å²) in [6.07, 6.45) is 7.02. The van der Waals surface area contributed by atoms with Gasteiger partial charge >= 0.3 is 0 Å². The molecule has 0 spiro atoms. The molecule has 1 aliphatic heterocycles. The Hall–Kier alpha value is -2.96. The van der Waals surface area contributed by atoms with Crippen molar-refractivity contribution in [2.24, 2.45) is 0 Å². The molecule has 0 N–H and O–H groups in total. The third-order valence-corrected chi connectivity index (χ3v) is 5.25. The van der Waals surface area contributed by atoms with Crippen LogP contribution < -0.4 is 0 Å². The fourth-order valence-corrected chi connectivity index (χ4v) is 3.62. The highest BCUT2D eigenvalue weighted by atomic mass is 16.5. The van der Waals surface area contributed by atoms with Gasteiger partial charge < -0.3 is 13.8 Å². The molecule has 0 saturated carbocycles. The fraction of sp³-hybridized carbons (Fsp3) is 0.429. The molecule has 0 radical (unpaired) electrons. The fourth-order valence-electron chi connectivity index (χ4n) is 3.62. The van der Waals surface area contributed by atoms with E-state index < -0.39 is 0 Å². The highest BCUT2D eigenvalue weighted by molar-refractivity contribution is 5.76. The van der Waals surface area contributed by atoms with Crippen LogP contribution in [0.3, 0.4) is 0 Å². The maximum absolute atomic E-state index is 12.7. The third kappa shape index (κ3) is 3.98. The number of carbonyl (C=O) groups is 1. The lowest BCUT2D eigenvalue weighted by Gasteiger charge is -2.25. The molecule has 4 rings (SSSR count). The number of pyridine rings is 1. The van der Waals surface area contributed by atoms with Gasteiger partial charge in [0.2, 0.25) is 5.91 Å². The summed E-state index contributed by atoms with van der Waals surface area (Å²) in [6.45, 7) is 4.98. The Morgan fingerprint density at radius 1 is 1.25 bits per heavy atom. The van der Waals surface area contributed by atoms with Gasteiger partial charge in [0.1, 0.15) is 17.2 Å². The van der Waals surface area contributed by atoms with E-state index in [4.69, 9.17) is 8.94 Å². The predicted molar refractivity (Wildman–Crippen MR) is 102 cm³/mol. The van der Waals surface area contributed by atoms with Crippen LogP contribution in [0.1, 0.15) is 46.3 Å². The van der Waals surface area contributed by atoms with Crippen molar-refractivity contribution in [2.75, 3.05) is 6.54 Å². The number of aryl methyl sites for hydroxylation is 4. The number of aromatic nitrogens is 3. The lowest BCUT2D eigenvalue weighted by Crippen LogP contribution is -2.36. The second-order valence-corrected chi connectivity index (χ2v) is 7.21. The molecule has 3 aromatic heterocycles. The average Bonchev–Trinajstić information content (AvgIpc) is 3.27. The van der Waals surface area contributed by atoms with Crippen LogP contribution in [0.4, 0.5) is 0 Å². The second-order valence-electron chi connectivity index (χ2n) is 7.21. The SMILES string of the molecule is Cc1noc(C)c1CCC(=O)N1CCc2oc(CCc3cccnc3)nc2C1. The lowest BCUT2D eigenvalue weighted by molar-refractivity contribution is -0.132. The van der Waals surface area contributed by atoms with Gasteiger partial charge in [0.25, 0.3) is 0 Å². The first-order valence-electron chi connectivity index (χ1n) is 9.66. The summed E-state index contributed by atoms with van der Waals surface area (Å²) in [5.74, 6) is 2.57. The summed E-state index contributed by atoms with van der Waals surface area (Å²) < 4.78 is 11.1. The zero-order valence-corrected chi connectivity index (χ0v) is 16.3. The minimum absolute atomic E-state index is 0.130. The Morgan fingerprint density at radius 3 is 2.89 bits per heavy atom. The normalized spacial score (nSPS) is 13.6. The summed E-state index contributed by atoms with van der Waals surface area (Å²) in [4.78, 5) is 23.3. The van der Waals surface area contributed by atoms with E-state index in [2.05, 4.69) is 21.2 Å². The summed E-state index contributed by atoms with van der Waals surface area (Å²) in [7, 11) is 0. The molecular formula is C21H24N4O3. The van der Waals surface area contributed by atoms with Crippen LogP contribution >= 0.6 is 0 Å². The predicted octanol–water partition coefficient (Wildman–Crippen LogP) is 2.98. The van der Waals surface area contributed by atoms with Crippen LogP contribution in [0.5, 0.6) is 0 Å². The van der Waals surface area contributed by atoms with E-state index in [-0.39, 0.29) is 5.91 Å². The molecule has 7 heteroatoms. The van der Waals surface area contributed by atoms with E-state index in [9.17, 15) is 4.79 Å². The van der Waals surface area contributed by atoms with Crippen molar-refractivity contribution in [1.29, 1.82) is 0 Å². The summed E-state index contributed by atoms with van der Waals surface area (Å²) >= 11 is 0. The Bertz CT molecular complexity index is 942. The van der Waals surface area contributed by atoms with Crippen molar-refractivity contribution in [3.63, 3.8) is 0 Å². The van der Waals surface area contributed by atoms with Gasteiger partial charge in [-0.3, -0.25) is 9.78 Å². The number of carbonyl (C=O) groups excluding carboxylic acids is 1. The van der Waals surface area contributed by atoms with Gasteiger partial charge in [0.15, 0.2) is 5.89 Å². The van der Waals surface area contributed by atoms with Gasteiger partial charge in [0.05, 0.1) is 12.2 Å². The molecule has 1 amide bonds. The minimum atomic E-state index is 0.130. The molecule has 3 aromatic rings. The number of hydrogen-bond acceptors (Lipinski definition) is 6. The first-order valence-corrected chi connectivity index (χ1v) is 9.66. The number of fused-ring (bicyclic) bond motifs is 1. The minimum Gasteiger partial charge on any atom is -0.445 e. The standard InChI is InChI=1S/C21H24N4O3/c1-14-17(15(2)28-24-14)6-8-21(26)25-11-9-19-18(13-25)23-20(27-19)7-5-16-4-3-10-22-12-16/h3-4,10,12H,5-9,11,13H2,1-2H3. The molecule has 28 heavy (non-hydrogen) atoms. The number of hydrogen-bond donors (Lipinski definition) is 0. The zero-order valence-electron chi connectivity index (χ0n) is 16.3. The summed E-state index contributed by atoms with van der Waals surface area (Å²) in [5.41, 5.74) is 3.94. The average molecular weight is 380 g/mol. The van der Waals surface area contributed by atoms with E-state index in [0.29, 0.717) is 32.4 Å². The van der Waals surface area contributed by atoms with Crippen molar-refractivity contribution >= 4 is 5.91 Å². The third-order valence-electron chi connectivity index (χ3n) is 5.25. The van der Waals surface area contributed by atoms with Crippen molar-refractivity contribution in [3.05, 3.63) is 64.5 Å². The van der Waals surface area contributed by atoms with E-state index in [0.717, 1.165) is 52.8 Å². The Morgan fingerprint density at radius 2 is 2.14 bits per heavy atom. The molecule has 4 heterocycles. The topological polar surface area (TPSA) is 85.3 Å². The van der Waals surface area contributed by atoms with Crippen LogP contribution in [0.25, 0.3) is 0 Å². The number of oxazole rings is 1. The van der Waals surface area contributed by atoms with Crippen LogP contribution in [0.2, 0.25) is 0 Å². The molecule has 0 fully saturated rings. The lowest BCUT2D eigenvalue weighted by atomic mass is 10.1. The van der Waals surface area contributed by atoms with Crippen LogP contribution in [0.15, 0.2) is 33.5 Å². The molecule has 0 aliphatic carbocycles. The Balaban J connectivity index is 1.34. The molecule has 0 bridgehead atoms. The van der Waals surface area contributed by atoms with Gasteiger partial charge in [-0.1, -0.05) is 11.2 Å². The monoisotopic (exact) mass is 380 g/mol. The number of nitrogens with zero attached hydrogens (tertiary/aromatic N) is 4. The first-order chi connectivity index (χ1) is 13.6. The summed E-state index contributed by atoms with van der Waals surface area (Å²) in [6, 6.07) is 3.98. The van der Waals surface area contributed by atoms with E-state index in [1.807, 2.05) is 31.0 Å². The molecule has 7 nitrogen and oxygen atoms in total. The van der Waals surface area contributed by atoms with E-state index in [1.165, 1.54) is 0 Å². The van der Waals surface area contributed by atoms with Gasteiger partial charge in [-0.05, 0) is 38.3 Å². The highest BCUT2D eigenvalue weighted by Crippen LogP contribution is 2.22. The maximum atomic E-state index is 12.7. The largest absolute Gasteiger partial charge is 0.445 e. The smallest absolute Gasteiger partial charge is 0.223 e. The first kappa shape index (κ1) is 18.4. The molecule has 0 unspecified atom stereocenters. The van der Waals surface area contributed by atoms with Gasteiger partial charge in [-0.25, -0.2) is 4.98 Å².